The molecule has 0 saturated carbocycles. The van der Waals surface area contributed by atoms with Gasteiger partial charge in [-0.1, -0.05) is 15.9 Å². The van der Waals surface area contributed by atoms with Crippen LogP contribution >= 0.6 is 15.9 Å². The van der Waals surface area contributed by atoms with E-state index in [4.69, 9.17) is 4.74 Å². The second-order valence-corrected chi connectivity index (χ2v) is 5.03. The molecule has 16 heavy (non-hydrogen) atoms. The van der Waals surface area contributed by atoms with Gasteiger partial charge in [0.15, 0.2) is 11.5 Å². The van der Waals surface area contributed by atoms with Crippen molar-refractivity contribution < 1.29 is 9.84 Å². The van der Waals surface area contributed by atoms with Crippen LogP contribution in [-0.2, 0) is 6.42 Å². The highest BCUT2D eigenvalue weighted by molar-refractivity contribution is 9.10. The zero-order valence-corrected chi connectivity index (χ0v) is 10.9. The largest absolute Gasteiger partial charge is 0.504 e. The number of benzene rings is 1. The molecule has 1 aromatic carbocycles. The molecule has 4 heteroatoms. The van der Waals surface area contributed by atoms with Crippen molar-refractivity contribution in [1.82, 2.24) is 5.32 Å². The zero-order chi connectivity index (χ0) is 11.5. The fourth-order valence-corrected chi connectivity index (χ4v) is 2.59. The maximum Gasteiger partial charge on any atom is 0.161 e. The first-order valence-corrected chi connectivity index (χ1v) is 6.26. The summed E-state index contributed by atoms with van der Waals surface area (Å²) in [5, 5.41) is 13.1. The van der Waals surface area contributed by atoms with E-state index < -0.39 is 0 Å². The molecule has 1 heterocycles. The molecule has 0 radical (unpaired) electrons. The minimum atomic E-state index is 0.214. The average Bonchev–Trinajstić information content (AvgIpc) is 2.75. The molecule has 1 aromatic rings. The van der Waals surface area contributed by atoms with Gasteiger partial charge >= 0.3 is 0 Å². The SMILES string of the molecule is COc1cc(Br)c(CC2CCNC2)cc1O. The normalized spacial score (nSPS) is 20.0. The number of ether oxygens (including phenoxy) is 1. The quantitative estimate of drug-likeness (QED) is 0.896. The maximum absolute atomic E-state index is 9.73. The van der Waals surface area contributed by atoms with Gasteiger partial charge in [0.2, 0.25) is 0 Å². The Labute approximate surface area is 104 Å². The highest BCUT2D eigenvalue weighted by atomic mass is 79.9. The zero-order valence-electron chi connectivity index (χ0n) is 9.29. The number of halogens is 1. The molecule has 2 rings (SSSR count). The predicted octanol–water partition coefficient (Wildman–Crippen LogP) is 2.32. The van der Waals surface area contributed by atoms with Crippen LogP contribution in [-0.4, -0.2) is 25.3 Å². The monoisotopic (exact) mass is 285 g/mol. The van der Waals surface area contributed by atoms with Gasteiger partial charge in [-0.15, -0.1) is 0 Å². The van der Waals surface area contributed by atoms with Crippen molar-refractivity contribution in [2.45, 2.75) is 12.8 Å². The van der Waals surface area contributed by atoms with E-state index in [2.05, 4.69) is 21.2 Å². The van der Waals surface area contributed by atoms with Crippen molar-refractivity contribution in [3.05, 3.63) is 22.2 Å². The smallest absolute Gasteiger partial charge is 0.161 e. The lowest BCUT2D eigenvalue weighted by Crippen LogP contribution is -2.11. The van der Waals surface area contributed by atoms with E-state index in [1.165, 1.54) is 6.42 Å². The summed E-state index contributed by atoms with van der Waals surface area (Å²) in [6.45, 7) is 2.17. The molecular weight excluding hydrogens is 270 g/mol. The molecule has 1 atom stereocenters. The van der Waals surface area contributed by atoms with Crippen LogP contribution in [0.25, 0.3) is 0 Å². The number of rotatable bonds is 3. The molecule has 0 bridgehead atoms. The standard InChI is InChI=1S/C12H16BrNO2/c1-16-12-6-10(13)9(5-11(12)15)4-8-2-3-14-7-8/h5-6,8,14-15H,2-4,7H2,1H3. The molecule has 2 N–H and O–H groups in total. The van der Waals surface area contributed by atoms with Gasteiger partial charge in [-0.25, -0.2) is 0 Å². The van der Waals surface area contributed by atoms with E-state index in [0.717, 1.165) is 29.5 Å². The molecule has 0 aromatic heterocycles. The Balaban J connectivity index is 2.17. The van der Waals surface area contributed by atoms with Crippen LogP contribution in [0.1, 0.15) is 12.0 Å². The van der Waals surface area contributed by atoms with Crippen LogP contribution in [0.3, 0.4) is 0 Å². The Bertz CT molecular complexity index is 376. The Morgan fingerprint density at radius 3 is 3.00 bits per heavy atom. The van der Waals surface area contributed by atoms with Gasteiger partial charge in [-0.2, -0.15) is 0 Å². The number of hydrogen-bond acceptors (Lipinski definition) is 3. The third kappa shape index (κ3) is 2.50. The van der Waals surface area contributed by atoms with Gasteiger partial charge in [-0.3, -0.25) is 0 Å². The van der Waals surface area contributed by atoms with Crippen LogP contribution in [0.5, 0.6) is 11.5 Å². The maximum atomic E-state index is 9.73. The minimum Gasteiger partial charge on any atom is -0.504 e. The number of phenolic OH excluding ortho intramolecular Hbond substituents is 1. The molecule has 1 unspecified atom stereocenters. The van der Waals surface area contributed by atoms with Crippen molar-refractivity contribution in [2.24, 2.45) is 5.92 Å². The first-order chi connectivity index (χ1) is 7.70. The summed E-state index contributed by atoms with van der Waals surface area (Å²) in [5.74, 6) is 1.40. The summed E-state index contributed by atoms with van der Waals surface area (Å²) >= 11 is 3.52. The van der Waals surface area contributed by atoms with Crippen LogP contribution in [0.15, 0.2) is 16.6 Å². The lowest BCUT2D eigenvalue weighted by molar-refractivity contribution is 0.372. The first-order valence-electron chi connectivity index (χ1n) is 5.47. The molecular formula is C12H16BrNO2. The van der Waals surface area contributed by atoms with Crippen molar-refractivity contribution in [3.8, 4) is 11.5 Å². The summed E-state index contributed by atoms with van der Waals surface area (Å²) < 4.78 is 6.07. The molecule has 1 saturated heterocycles. The molecule has 1 fully saturated rings. The summed E-state index contributed by atoms with van der Waals surface area (Å²) in [4.78, 5) is 0. The Morgan fingerprint density at radius 1 is 1.56 bits per heavy atom. The number of nitrogens with one attached hydrogen (secondary N) is 1. The first kappa shape index (κ1) is 11.7. The number of hydrogen-bond donors (Lipinski definition) is 2. The summed E-state index contributed by atoms with van der Waals surface area (Å²) in [7, 11) is 1.56. The van der Waals surface area contributed by atoms with Gasteiger partial charge in [0, 0.05) is 4.47 Å². The molecule has 0 spiro atoms. The van der Waals surface area contributed by atoms with Crippen LogP contribution in [0.4, 0.5) is 0 Å². The highest BCUT2D eigenvalue weighted by Gasteiger charge is 2.17. The topological polar surface area (TPSA) is 41.5 Å². The van der Waals surface area contributed by atoms with E-state index in [1.54, 1.807) is 13.2 Å². The van der Waals surface area contributed by atoms with Crippen molar-refractivity contribution >= 4 is 15.9 Å². The highest BCUT2D eigenvalue weighted by Crippen LogP contribution is 2.34. The average molecular weight is 286 g/mol. The molecule has 0 aliphatic carbocycles. The van der Waals surface area contributed by atoms with Gasteiger partial charge in [0.1, 0.15) is 0 Å². The summed E-state index contributed by atoms with van der Waals surface area (Å²) in [6, 6.07) is 3.62. The second-order valence-electron chi connectivity index (χ2n) is 4.18. The van der Waals surface area contributed by atoms with Crippen LogP contribution in [0, 0.1) is 5.92 Å². The van der Waals surface area contributed by atoms with Gasteiger partial charge < -0.3 is 15.2 Å². The fourth-order valence-electron chi connectivity index (χ4n) is 2.11. The lowest BCUT2D eigenvalue weighted by Gasteiger charge is -2.12. The number of aromatic hydroxyl groups is 1. The molecule has 88 valence electrons. The van der Waals surface area contributed by atoms with Crippen molar-refractivity contribution in [2.75, 3.05) is 20.2 Å². The molecule has 1 aliphatic heterocycles. The van der Waals surface area contributed by atoms with Crippen LogP contribution < -0.4 is 10.1 Å². The third-order valence-electron chi connectivity index (χ3n) is 3.02. The van der Waals surface area contributed by atoms with Gasteiger partial charge in [0.05, 0.1) is 7.11 Å². The number of methoxy groups -OCH3 is 1. The molecule has 1 aliphatic rings. The Morgan fingerprint density at radius 2 is 2.38 bits per heavy atom. The second kappa shape index (κ2) is 5.06. The van der Waals surface area contributed by atoms with Gasteiger partial charge in [-0.05, 0) is 49.5 Å². The molecule has 3 nitrogen and oxygen atoms in total. The fraction of sp³-hybridized carbons (Fsp3) is 0.500. The van der Waals surface area contributed by atoms with E-state index in [1.807, 2.05) is 6.07 Å². The Hall–Kier alpha value is -0.740. The summed E-state index contributed by atoms with van der Waals surface area (Å²) in [5.41, 5.74) is 1.15. The lowest BCUT2D eigenvalue weighted by atomic mass is 9.98. The van der Waals surface area contributed by atoms with Gasteiger partial charge in [0.25, 0.3) is 0 Å². The van der Waals surface area contributed by atoms with Crippen molar-refractivity contribution in [1.29, 1.82) is 0 Å². The van der Waals surface area contributed by atoms with E-state index in [0.29, 0.717) is 11.7 Å². The van der Waals surface area contributed by atoms with Crippen LogP contribution in [0.2, 0.25) is 0 Å². The van der Waals surface area contributed by atoms with E-state index in [-0.39, 0.29) is 5.75 Å². The predicted molar refractivity (Wildman–Crippen MR) is 67.0 cm³/mol. The number of phenols is 1. The Kier molecular flexibility index (Phi) is 3.71. The third-order valence-corrected chi connectivity index (χ3v) is 3.76. The summed E-state index contributed by atoms with van der Waals surface area (Å²) in [6.07, 6.45) is 2.20. The van der Waals surface area contributed by atoms with E-state index >= 15 is 0 Å². The molecule has 0 amide bonds. The van der Waals surface area contributed by atoms with E-state index in [9.17, 15) is 5.11 Å². The van der Waals surface area contributed by atoms with Crippen molar-refractivity contribution in [3.63, 3.8) is 0 Å². The minimum absolute atomic E-state index is 0.214.